The minimum atomic E-state index is -0.283. The van der Waals surface area contributed by atoms with E-state index in [0.717, 1.165) is 5.56 Å². The van der Waals surface area contributed by atoms with E-state index >= 15 is 0 Å². The van der Waals surface area contributed by atoms with Gasteiger partial charge in [0.05, 0.1) is 6.54 Å². The average Bonchev–Trinajstić information content (AvgIpc) is 2.87. The lowest BCUT2D eigenvalue weighted by atomic mass is 10.2. The van der Waals surface area contributed by atoms with Crippen molar-refractivity contribution in [3.05, 3.63) is 47.7 Å². The van der Waals surface area contributed by atoms with Crippen LogP contribution in [0.4, 0.5) is 5.69 Å². The second kappa shape index (κ2) is 6.01. The van der Waals surface area contributed by atoms with E-state index in [1.807, 2.05) is 18.2 Å². The molecule has 2 aromatic rings. The van der Waals surface area contributed by atoms with Gasteiger partial charge in [-0.1, -0.05) is 18.2 Å². The summed E-state index contributed by atoms with van der Waals surface area (Å²) in [6, 6.07) is 7.38. The van der Waals surface area contributed by atoms with Crippen LogP contribution in [0.25, 0.3) is 0 Å². The Hall–Kier alpha value is -2.34. The first-order chi connectivity index (χ1) is 9.20. The van der Waals surface area contributed by atoms with E-state index in [9.17, 15) is 4.79 Å². The Labute approximate surface area is 111 Å². The smallest absolute Gasteiger partial charge is 0.273 e. The number of aromatic nitrogens is 1. The summed E-state index contributed by atoms with van der Waals surface area (Å²) >= 11 is 0. The average molecular weight is 260 g/mol. The molecule has 19 heavy (non-hydrogen) atoms. The van der Waals surface area contributed by atoms with Gasteiger partial charge < -0.3 is 20.8 Å². The Bertz CT molecular complexity index is 565. The molecular weight excluding hydrogens is 244 g/mol. The minimum Gasteiger partial charge on any atom is -0.447 e. The summed E-state index contributed by atoms with van der Waals surface area (Å²) in [7, 11) is 1.78. The predicted molar refractivity (Wildman–Crippen MR) is 71.3 cm³/mol. The molecule has 0 aliphatic rings. The van der Waals surface area contributed by atoms with Crippen molar-refractivity contribution in [1.29, 1.82) is 0 Å². The lowest BCUT2D eigenvalue weighted by Crippen LogP contribution is -2.23. The molecule has 1 amide bonds. The van der Waals surface area contributed by atoms with Crippen molar-refractivity contribution >= 4 is 11.6 Å². The maximum absolute atomic E-state index is 11.9. The fraction of sp³-hybridized carbons (Fsp3) is 0.231. The number of benzene rings is 1. The third kappa shape index (κ3) is 3.32. The molecule has 0 aliphatic heterocycles. The third-order valence-electron chi connectivity index (χ3n) is 2.61. The first kappa shape index (κ1) is 13.1. The van der Waals surface area contributed by atoms with Crippen LogP contribution in [0, 0.1) is 0 Å². The zero-order valence-electron chi connectivity index (χ0n) is 10.6. The van der Waals surface area contributed by atoms with Crippen LogP contribution >= 0.6 is 0 Å². The van der Waals surface area contributed by atoms with Crippen molar-refractivity contribution < 1.29 is 9.21 Å². The quantitative estimate of drug-likeness (QED) is 0.695. The van der Waals surface area contributed by atoms with Crippen molar-refractivity contribution in [2.75, 3.05) is 12.8 Å². The minimum absolute atomic E-state index is 0.264. The molecule has 0 saturated heterocycles. The van der Waals surface area contributed by atoms with Gasteiger partial charge in [0.2, 0.25) is 5.89 Å². The molecule has 1 aromatic heterocycles. The van der Waals surface area contributed by atoms with Gasteiger partial charge in [-0.25, -0.2) is 4.98 Å². The fourth-order valence-corrected chi connectivity index (χ4v) is 1.61. The van der Waals surface area contributed by atoms with Gasteiger partial charge in [-0.15, -0.1) is 0 Å². The number of hydrogen-bond acceptors (Lipinski definition) is 5. The zero-order valence-corrected chi connectivity index (χ0v) is 10.6. The van der Waals surface area contributed by atoms with Crippen LogP contribution in [0.2, 0.25) is 0 Å². The number of nitrogens with two attached hydrogens (primary N) is 1. The number of nitrogens with zero attached hydrogens (tertiary/aromatic N) is 1. The Morgan fingerprint density at radius 1 is 1.37 bits per heavy atom. The van der Waals surface area contributed by atoms with Gasteiger partial charge in [-0.05, 0) is 18.7 Å². The lowest BCUT2D eigenvalue weighted by Gasteiger charge is -2.05. The van der Waals surface area contributed by atoms with Crippen molar-refractivity contribution in [3.8, 4) is 0 Å². The van der Waals surface area contributed by atoms with Gasteiger partial charge in [-0.3, -0.25) is 4.79 Å². The van der Waals surface area contributed by atoms with Crippen LogP contribution in [0.1, 0.15) is 21.9 Å². The molecule has 6 heteroatoms. The second-order valence-electron chi connectivity index (χ2n) is 4.04. The molecule has 0 radical (unpaired) electrons. The Balaban J connectivity index is 1.95. The number of para-hydroxylation sites is 1. The summed E-state index contributed by atoms with van der Waals surface area (Å²) in [5.41, 5.74) is 7.58. The molecule has 0 unspecified atom stereocenters. The van der Waals surface area contributed by atoms with Crippen LogP contribution in [0.5, 0.6) is 0 Å². The standard InChI is InChI=1S/C13H16N4O2/c1-15-7-12-17-11(8-19-12)13(18)16-6-9-4-2-3-5-10(9)14/h2-5,8,15H,6-7,14H2,1H3,(H,16,18). The molecule has 0 bridgehead atoms. The summed E-state index contributed by atoms with van der Waals surface area (Å²) in [6.07, 6.45) is 1.34. The van der Waals surface area contributed by atoms with E-state index in [2.05, 4.69) is 15.6 Å². The summed E-state index contributed by atoms with van der Waals surface area (Å²) in [5.74, 6) is 0.196. The molecule has 1 aromatic carbocycles. The van der Waals surface area contributed by atoms with Crippen LogP contribution in [-0.4, -0.2) is 17.9 Å². The van der Waals surface area contributed by atoms with Crippen LogP contribution < -0.4 is 16.4 Å². The number of amides is 1. The van der Waals surface area contributed by atoms with Crippen molar-refractivity contribution in [2.24, 2.45) is 0 Å². The van der Waals surface area contributed by atoms with Gasteiger partial charge in [0.1, 0.15) is 6.26 Å². The van der Waals surface area contributed by atoms with Gasteiger partial charge >= 0.3 is 0 Å². The number of hydrogen-bond donors (Lipinski definition) is 3. The number of carbonyl (C=O) groups excluding carboxylic acids is 1. The van der Waals surface area contributed by atoms with Crippen LogP contribution in [0.3, 0.4) is 0 Å². The molecule has 1 heterocycles. The van der Waals surface area contributed by atoms with Gasteiger partial charge in [-0.2, -0.15) is 0 Å². The molecule has 6 nitrogen and oxygen atoms in total. The molecule has 0 saturated carbocycles. The number of rotatable bonds is 5. The maximum Gasteiger partial charge on any atom is 0.273 e. The third-order valence-corrected chi connectivity index (χ3v) is 2.61. The topological polar surface area (TPSA) is 93.2 Å². The Morgan fingerprint density at radius 2 is 2.16 bits per heavy atom. The van der Waals surface area contributed by atoms with Gasteiger partial charge in [0, 0.05) is 12.2 Å². The fourth-order valence-electron chi connectivity index (χ4n) is 1.61. The maximum atomic E-state index is 11.9. The summed E-state index contributed by atoms with van der Waals surface area (Å²) in [4.78, 5) is 15.9. The summed E-state index contributed by atoms with van der Waals surface area (Å²) in [6.45, 7) is 0.846. The van der Waals surface area contributed by atoms with E-state index in [0.29, 0.717) is 24.7 Å². The van der Waals surface area contributed by atoms with Gasteiger partial charge in [0.25, 0.3) is 5.91 Å². The van der Waals surface area contributed by atoms with Gasteiger partial charge in [0.15, 0.2) is 5.69 Å². The highest BCUT2D eigenvalue weighted by Gasteiger charge is 2.11. The Morgan fingerprint density at radius 3 is 2.89 bits per heavy atom. The predicted octanol–water partition coefficient (Wildman–Crippen LogP) is 0.906. The molecule has 2 rings (SSSR count). The highest BCUT2D eigenvalue weighted by atomic mass is 16.3. The Kier molecular flexibility index (Phi) is 4.15. The molecule has 4 N–H and O–H groups in total. The van der Waals surface area contributed by atoms with Crippen molar-refractivity contribution in [1.82, 2.24) is 15.6 Å². The molecular formula is C13H16N4O2. The highest BCUT2D eigenvalue weighted by Crippen LogP contribution is 2.10. The first-order valence-electron chi connectivity index (χ1n) is 5.91. The van der Waals surface area contributed by atoms with Crippen LogP contribution in [-0.2, 0) is 13.1 Å². The van der Waals surface area contributed by atoms with E-state index in [4.69, 9.17) is 10.2 Å². The summed E-state index contributed by atoms with van der Waals surface area (Å²) < 4.78 is 5.14. The van der Waals surface area contributed by atoms with Crippen LogP contribution in [0.15, 0.2) is 34.9 Å². The zero-order chi connectivity index (χ0) is 13.7. The molecule has 100 valence electrons. The largest absolute Gasteiger partial charge is 0.447 e. The summed E-state index contributed by atoms with van der Waals surface area (Å²) in [5, 5.41) is 5.65. The normalized spacial score (nSPS) is 10.4. The second-order valence-corrected chi connectivity index (χ2v) is 4.04. The monoisotopic (exact) mass is 260 g/mol. The number of anilines is 1. The lowest BCUT2D eigenvalue weighted by molar-refractivity contribution is 0.0946. The van der Waals surface area contributed by atoms with E-state index in [1.54, 1.807) is 13.1 Å². The highest BCUT2D eigenvalue weighted by molar-refractivity contribution is 5.91. The molecule has 0 aliphatic carbocycles. The number of nitrogens with one attached hydrogen (secondary N) is 2. The number of nitrogen functional groups attached to an aromatic ring is 1. The van der Waals surface area contributed by atoms with Crippen molar-refractivity contribution in [3.63, 3.8) is 0 Å². The molecule has 0 atom stereocenters. The molecule has 0 spiro atoms. The van der Waals surface area contributed by atoms with E-state index in [1.165, 1.54) is 6.26 Å². The molecule has 0 fully saturated rings. The number of oxazole rings is 1. The van der Waals surface area contributed by atoms with E-state index in [-0.39, 0.29) is 11.6 Å². The van der Waals surface area contributed by atoms with Crippen molar-refractivity contribution in [2.45, 2.75) is 13.1 Å². The first-order valence-corrected chi connectivity index (χ1v) is 5.91. The number of carbonyl (C=O) groups is 1. The van der Waals surface area contributed by atoms with E-state index < -0.39 is 0 Å². The SMILES string of the molecule is CNCc1nc(C(=O)NCc2ccccc2N)co1.